The summed E-state index contributed by atoms with van der Waals surface area (Å²) < 4.78 is 16.9. The molecular formula is C15H18ClNO3S. The number of rotatable bonds is 6. The molecule has 0 aliphatic carbocycles. The van der Waals surface area contributed by atoms with Crippen molar-refractivity contribution in [1.29, 1.82) is 0 Å². The summed E-state index contributed by atoms with van der Waals surface area (Å²) in [6.07, 6.45) is 0.684. The molecule has 2 rings (SSSR count). The highest BCUT2D eigenvalue weighted by Crippen LogP contribution is 2.42. The van der Waals surface area contributed by atoms with Crippen LogP contribution in [0.3, 0.4) is 0 Å². The zero-order valence-electron chi connectivity index (χ0n) is 12.2. The first kappa shape index (κ1) is 15.9. The average molecular weight is 328 g/mol. The van der Waals surface area contributed by atoms with Gasteiger partial charge in [-0.2, -0.15) is 0 Å². The maximum atomic E-state index is 6.32. The van der Waals surface area contributed by atoms with Gasteiger partial charge in [-0.05, 0) is 24.3 Å². The summed E-state index contributed by atoms with van der Waals surface area (Å²) in [6, 6.07) is 7.38. The van der Waals surface area contributed by atoms with Gasteiger partial charge in [0, 0.05) is 22.9 Å². The van der Waals surface area contributed by atoms with Gasteiger partial charge in [-0.1, -0.05) is 11.6 Å². The van der Waals surface area contributed by atoms with Crippen LogP contribution >= 0.6 is 22.9 Å². The molecule has 1 aromatic carbocycles. The van der Waals surface area contributed by atoms with E-state index in [-0.39, 0.29) is 6.04 Å². The summed E-state index contributed by atoms with van der Waals surface area (Å²) >= 11 is 7.48. The van der Waals surface area contributed by atoms with Crippen LogP contribution in [0.25, 0.3) is 0 Å². The SMILES string of the molecule is COc1ccc(C(N)Cc2ccc(Cl)s2)c(OC)c1OC. The summed E-state index contributed by atoms with van der Waals surface area (Å²) in [7, 11) is 4.76. The van der Waals surface area contributed by atoms with Gasteiger partial charge in [-0.3, -0.25) is 0 Å². The minimum Gasteiger partial charge on any atom is -0.493 e. The second kappa shape index (κ2) is 7.02. The molecule has 0 spiro atoms. The molecule has 1 aromatic heterocycles. The molecule has 0 aliphatic heterocycles. The third-order valence-corrected chi connectivity index (χ3v) is 4.44. The van der Waals surface area contributed by atoms with Crippen molar-refractivity contribution < 1.29 is 14.2 Å². The minimum absolute atomic E-state index is 0.213. The second-order valence-corrected chi connectivity index (χ2v) is 6.24. The molecule has 4 nitrogen and oxygen atoms in total. The lowest BCUT2D eigenvalue weighted by atomic mass is 10.0. The van der Waals surface area contributed by atoms with Gasteiger partial charge in [-0.25, -0.2) is 0 Å². The molecule has 114 valence electrons. The van der Waals surface area contributed by atoms with Crippen molar-refractivity contribution in [3.63, 3.8) is 0 Å². The van der Waals surface area contributed by atoms with Crippen LogP contribution in [0.2, 0.25) is 4.34 Å². The van der Waals surface area contributed by atoms with Gasteiger partial charge in [0.15, 0.2) is 11.5 Å². The summed E-state index contributed by atoms with van der Waals surface area (Å²) in [5, 5.41) is 0. The molecule has 0 saturated carbocycles. The lowest BCUT2D eigenvalue weighted by Gasteiger charge is -2.19. The Labute approximate surface area is 133 Å². The van der Waals surface area contributed by atoms with Crippen LogP contribution < -0.4 is 19.9 Å². The molecule has 1 heterocycles. The molecular weight excluding hydrogens is 310 g/mol. The quantitative estimate of drug-likeness (QED) is 0.879. The van der Waals surface area contributed by atoms with Crippen molar-refractivity contribution in [3.05, 3.63) is 39.0 Å². The fourth-order valence-electron chi connectivity index (χ4n) is 2.20. The first-order valence-corrected chi connectivity index (χ1v) is 7.58. The Kier molecular flexibility index (Phi) is 5.33. The van der Waals surface area contributed by atoms with E-state index in [0.717, 1.165) is 14.8 Å². The van der Waals surface area contributed by atoms with Gasteiger partial charge in [0.2, 0.25) is 5.75 Å². The van der Waals surface area contributed by atoms with E-state index in [1.807, 2.05) is 24.3 Å². The molecule has 0 radical (unpaired) electrons. The zero-order valence-corrected chi connectivity index (χ0v) is 13.8. The van der Waals surface area contributed by atoms with Gasteiger partial charge >= 0.3 is 0 Å². The average Bonchev–Trinajstić information content (AvgIpc) is 2.90. The van der Waals surface area contributed by atoms with E-state index in [1.54, 1.807) is 21.3 Å². The Balaban J connectivity index is 2.33. The molecule has 0 bridgehead atoms. The van der Waals surface area contributed by atoms with Gasteiger partial charge in [-0.15, -0.1) is 11.3 Å². The van der Waals surface area contributed by atoms with E-state index >= 15 is 0 Å². The maximum Gasteiger partial charge on any atom is 0.203 e. The van der Waals surface area contributed by atoms with E-state index < -0.39 is 0 Å². The van der Waals surface area contributed by atoms with E-state index in [4.69, 9.17) is 31.5 Å². The number of benzene rings is 1. The number of ether oxygens (including phenoxy) is 3. The lowest BCUT2D eigenvalue weighted by Crippen LogP contribution is -2.14. The maximum absolute atomic E-state index is 6.32. The molecule has 0 aliphatic rings. The summed E-state index contributed by atoms with van der Waals surface area (Å²) in [5.74, 6) is 1.77. The molecule has 0 saturated heterocycles. The number of hydrogen-bond acceptors (Lipinski definition) is 5. The van der Waals surface area contributed by atoms with Crippen LogP contribution in [0.1, 0.15) is 16.5 Å². The predicted molar refractivity (Wildman–Crippen MR) is 86.1 cm³/mol. The van der Waals surface area contributed by atoms with Crippen LogP contribution in [0.15, 0.2) is 24.3 Å². The highest BCUT2D eigenvalue weighted by Gasteiger charge is 2.20. The Morgan fingerprint density at radius 1 is 1.05 bits per heavy atom. The molecule has 1 unspecified atom stereocenters. The third-order valence-electron chi connectivity index (χ3n) is 3.18. The van der Waals surface area contributed by atoms with Crippen LogP contribution in [0.5, 0.6) is 17.2 Å². The molecule has 2 N–H and O–H groups in total. The highest BCUT2D eigenvalue weighted by molar-refractivity contribution is 7.16. The van der Waals surface area contributed by atoms with Crippen molar-refractivity contribution in [2.75, 3.05) is 21.3 Å². The standard InChI is InChI=1S/C15H18ClNO3S/c1-18-12-6-5-10(14(19-2)15(12)20-3)11(17)8-9-4-7-13(16)21-9/h4-7,11H,8,17H2,1-3H3. The van der Waals surface area contributed by atoms with Gasteiger partial charge < -0.3 is 19.9 Å². The number of nitrogens with two attached hydrogens (primary N) is 1. The fraction of sp³-hybridized carbons (Fsp3) is 0.333. The van der Waals surface area contributed by atoms with E-state index in [9.17, 15) is 0 Å². The molecule has 1 atom stereocenters. The van der Waals surface area contributed by atoms with Crippen LogP contribution in [-0.2, 0) is 6.42 Å². The smallest absolute Gasteiger partial charge is 0.203 e. The van der Waals surface area contributed by atoms with E-state index in [2.05, 4.69) is 0 Å². The Morgan fingerprint density at radius 2 is 1.76 bits per heavy atom. The Morgan fingerprint density at radius 3 is 2.29 bits per heavy atom. The van der Waals surface area contributed by atoms with Crippen molar-refractivity contribution in [2.24, 2.45) is 5.73 Å². The monoisotopic (exact) mass is 327 g/mol. The Bertz CT molecular complexity index is 615. The van der Waals surface area contributed by atoms with E-state index in [0.29, 0.717) is 23.7 Å². The minimum atomic E-state index is -0.213. The summed E-state index contributed by atoms with van der Waals surface area (Å²) in [5.41, 5.74) is 7.19. The largest absolute Gasteiger partial charge is 0.493 e. The Hall–Kier alpha value is -1.43. The molecule has 0 fully saturated rings. The zero-order chi connectivity index (χ0) is 15.4. The molecule has 6 heteroatoms. The van der Waals surface area contributed by atoms with Crippen LogP contribution in [0, 0.1) is 0 Å². The predicted octanol–water partition coefficient (Wildman–Crippen LogP) is 3.67. The number of methoxy groups -OCH3 is 3. The molecule has 21 heavy (non-hydrogen) atoms. The molecule has 0 amide bonds. The topological polar surface area (TPSA) is 53.7 Å². The normalized spacial score (nSPS) is 12.0. The number of thiophene rings is 1. The lowest BCUT2D eigenvalue weighted by molar-refractivity contribution is 0.320. The first-order chi connectivity index (χ1) is 10.1. The number of hydrogen-bond donors (Lipinski definition) is 1. The highest BCUT2D eigenvalue weighted by atomic mass is 35.5. The van der Waals surface area contributed by atoms with Crippen molar-refractivity contribution >= 4 is 22.9 Å². The summed E-state index contributed by atoms with van der Waals surface area (Å²) in [6.45, 7) is 0. The second-order valence-electron chi connectivity index (χ2n) is 4.44. The third kappa shape index (κ3) is 3.43. The van der Waals surface area contributed by atoms with Crippen molar-refractivity contribution in [2.45, 2.75) is 12.5 Å². The number of halogens is 1. The van der Waals surface area contributed by atoms with Gasteiger partial charge in [0.25, 0.3) is 0 Å². The van der Waals surface area contributed by atoms with Crippen LogP contribution in [0.4, 0.5) is 0 Å². The van der Waals surface area contributed by atoms with Crippen molar-refractivity contribution in [1.82, 2.24) is 0 Å². The van der Waals surface area contributed by atoms with Crippen molar-refractivity contribution in [3.8, 4) is 17.2 Å². The van der Waals surface area contributed by atoms with Gasteiger partial charge in [0.1, 0.15) is 0 Å². The van der Waals surface area contributed by atoms with E-state index in [1.165, 1.54) is 11.3 Å². The van der Waals surface area contributed by atoms with Crippen LogP contribution in [-0.4, -0.2) is 21.3 Å². The van der Waals surface area contributed by atoms with Gasteiger partial charge in [0.05, 0.1) is 25.7 Å². The fourth-order valence-corrected chi connectivity index (χ4v) is 3.35. The summed E-state index contributed by atoms with van der Waals surface area (Å²) in [4.78, 5) is 1.13. The molecule has 2 aromatic rings. The first-order valence-electron chi connectivity index (χ1n) is 6.39.